The Hall–Kier alpha value is -3.02. The van der Waals surface area contributed by atoms with Crippen LogP contribution >= 0.6 is 0 Å². The summed E-state index contributed by atoms with van der Waals surface area (Å²) in [5, 5.41) is 9.38. The average Bonchev–Trinajstić information content (AvgIpc) is 3.01. The lowest BCUT2D eigenvalue weighted by Crippen LogP contribution is -2.15. The minimum atomic E-state index is -0.637. The van der Waals surface area contributed by atoms with Gasteiger partial charge in [0.25, 0.3) is 5.91 Å². The fourth-order valence-corrected chi connectivity index (χ4v) is 2.07. The summed E-state index contributed by atoms with van der Waals surface area (Å²) < 4.78 is 13.8. The Bertz CT molecular complexity index is 815. The Balaban J connectivity index is 1.84. The summed E-state index contributed by atoms with van der Waals surface area (Å²) in [4.78, 5) is 16.0. The molecule has 0 saturated heterocycles. The molecule has 6 heteroatoms. The third kappa shape index (κ3) is 2.85. The monoisotopic (exact) mass is 296 g/mol. The van der Waals surface area contributed by atoms with Crippen molar-refractivity contribution < 1.29 is 9.18 Å². The Kier molecular flexibility index (Phi) is 3.65. The summed E-state index contributed by atoms with van der Waals surface area (Å²) in [5.74, 6) is -1.22. The van der Waals surface area contributed by atoms with Gasteiger partial charge in [0.05, 0.1) is 5.69 Å². The number of carbonyl (C=O) groups excluding carboxylic acids is 1. The molecule has 0 radical (unpaired) electrons. The number of halogens is 1. The van der Waals surface area contributed by atoms with Gasteiger partial charge in [0.2, 0.25) is 0 Å². The number of benzene rings is 1. The predicted molar refractivity (Wildman–Crippen MR) is 80.9 cm³/mol. The summed E-state index contributed by atoms with van der Waals surface area (Å²) in [5.41, 5.74) is 2.69. The van der Waals surface area contributed by atoms with Crippen LogP contribution in [0.4, 0.5) is 10.1 Å². The number of aromatic amines is 1. The van der Waals surface area contributed by atoms with Crippen molar-refractivity contribution in [2.24, 2.45) is 0 Å². The van der Waals surface area contributed by atoms with Gasteiger partial charge in [0.15, 0.2) is 11.5 Å². The molecule has 22 heavy (non-hydrogen) atoms. The molecule has 3 aromatic rings. The maximum Gasteiger partial charge on any atom is 0.277 e. The normalized spacial score (nSPS) is 10.5. The number of carbonyl (C=O) groups is 1. The van der Waals surface area contributed by atoms with Gasteiger partial charge in [0.1, 0.15) is 0 Å². The van der Waals surface area contributed by atoms with Gasteiger partial charge in [-0.05, 0) is 36.8 Å². The number of hydrogen-bond acceptors (Lipinski definition) is 3. The number of nitrogens with zero attached hydrogens (tertiary/aromatic N) is 2. The van der Waals surface area contributed by atoms with Crippen molar-refractivity contribution in [1.82, 2.24) is 15.2 Å². The van der Waals surface area contributed by atoms with E-state index >= 15 is 0 Å². The largest absolute Gasteiger partial charge is 0.321 e. The number of aromatic nitrogens is 3. The van der Waals surface area contributed by atoms with Crippen molar-refractivity contribution in [3.63, 3.8) is 0 Å². The zero-order chi connectivity index (χ0) is 15.5. The molecule has 2 aromatic heterocycles. The van der Waals surface area contributed by atoms with Crippen LogP contribution in [0.5, 0.6) is 0 Å². The summed E-state index contributed by atoms with van der Waals surface area (Å²) in [6.07, 6.45) is 3.10. The minimum Gasteiger partial charge on any atom is -0.321 e. The first-order chi connectivity index (χ1) is 10.6. The molecule has 110 valence electrons. The number of anilines is 1. The van der Waals surface area contributed by atoms with Gasteiger partial charge in [0, 0.05) is 23.6 Å². The molecule has 0 aliphatic heterocycles. The van der Waals surface area contributed by atoms with Crippen LogP contribution in [-0.4, -0.2) is 21.1 Å². The molecule has 1 aromatic carbocycles. The van der Waals surface area contributed by atoms with Gasteiger partial charge in [-0.1, -0.05) is 12.1 Å². The van der Waals surface area contributed by atoms with Gasteiger partial charge in [-0.2, -0.15) is 5.10 Å². The van der Waals surface area contributed by atoms with E-state index in [1.807, 2.05) is 12.1 Å². The van der Waals surface area contributed by atoms with E-state index in [1.54, 1.807) is 31.3 Å². The van der Waals surface area contributed by atoms with Crippen LogP contribution < -0.4 is 5.32 Å². The highest BCUT2D eigenvalue weighted by atomic mass is 19.1. The molecule has 0 spiro atoms. The zero-order valence-corrected chi connectivity index (χ0v) is 11.8. The fourth-order valence-electron chi connectivity index (χ4n) is 2.07. The first-order valence-electron chi connectivity index (χ1n) is 6.67. The topological polar surface area (TPSA) is 70.7 Å². The quantitative estimate of drug-likeness (QED) is 0.780. The maximum atomic E-state index is 13.8. The molecule has 0 saturated carbocycles. The van der Waals surface area contributed by atoms with Crippen molar-refractivity contribution in [2.75, 3.05) is 5.32 Å². The minimum absolute atomic E-state index is 0.224. The summed E-state index contributed by atoms with van der Waals surface area (Å²) in [7, 11) is 0. The van der Waals surface area contributed by atoms with E-state index in [0.717, 1.165) is 11.3 Å². The smallest absolute Gasteiger partial charge is 0.277 e. The SMILES string of the molecule is Cc1cnc(C(=O)Nc2cccc(-c3ccn[nH]3)c2)c(F)c1. The van der Waals surface area contributed by atoms with Crippen LogP contribution in [-0.2, 0) is 0 Å². The van der Waals surface area contributed by atoms with Crippen LogP contribution in [0.2, 0.25) is 0 Å². The van der Waals surface area contributed by atoms with Gasteiger partial charge in [-0.25, -0.2) is 9.37 Å². The van der Waals surface area contributed by atoms with Crippen LogP contribution in [0.25, 0.3) is 11.3 Å². The van der Waals surface area contributed by atoms with Gasteiger partial charge < -0.3 is 5.32 Å². The lowest BCUT2D eigenvalue weighted by molar-refractivity contribution is 0.101. The first-order valence-corrected chi connectivity index (χ1v) is 6.67. The van der Waals surface area contributed by atoms with Crippen molar-refractivity contribution in [3.05, 3.63) is 65.9 Å². The molecule has 0 fully saturated rings. The van der Waals surface area contributed by atoms with Crippen LogP contribution in [0.15, 0.2) is 48.8 Å². The Morgan fingerprint density at radius 1 is 1.27 bits per heavy atom. The highest BCUT2D eigenvalue weighted by molar-refractivity contribution is 6.03. The number of aryl methyl sites for hydroxylation is 1. The fraction of sp³-hybridized carbons (Fsp3) is 0.0625. The molecule has 1 amide bonds. The van der Waals surface area contributed by atoms with Gasteiger partial charge in [-0.15, -0.1) is 0 Å². The average molecular weight is 296 g/mol. The number of hydrogen-bond donors (Lipinski definition) is 2. The van der Waals surface area contributed by atoms with E-state index in [1.165, 1.54) is 12.3 Å². The first kappa shape index (κ1) is 13.9. The molecular weight excluding hydrogens is 283 g/mol. The Morgan fingerprint density at radius 3 is 2.86 bits per heavy atom. The van der Waals surface area contributed by atoms with E-state index in [4.69, 9.17) is 0 Å². The van der Waals surface area contributed by atoms with E-state index in [0.29, 0.717) is 11.3 Å². The third-order valence-electron chi connectivity index (χ3n) is 3.13. The second-order valence-electron chi connectivity index (χ2n) is 4.85. The molecule has 0 atom stereocenters. The van der Waals surface area contributed by atoms with E-state index < -0.39 is 11.7 Å². The number of rotatable bonds is 3. The molecule has 0 bridgehead atoms. The molecule has 0 aliphatic rings. The molecular formula is C16H13FN4O. The number of nitrogens with one attached hydrogen (secondary N) is 2. The van der Waals surface area contributed by atoms with Crippen molar-refractivity contribution >= 4 is 11.6 Å². The Labute approximate surface area is 126 Å². The van der Waals surface area contributed by atoms with Crippen LogP contribution in [0, 0.1) is 12.7 Å². The van der Waals surface area contributed by atoms with Crippen LogP contribution in [0.3, 0.4) is 0 Å². The Morgan fingerprint density at radius 2 is 2.14 bits per heavy atom. The lowest BCUT2D eigenvalue weighted by atomic mass is 10.1. The third-order valence-corrected chi connectivity index (χ3v) is 3.13. The summed E-state index contributed by atoms with van der Waals surface area (Å²) >= 11 is 0. The number of amides is 1. The van der Waals surface area contributed by atoms with Crippen LogP contribution in [0.1, 0.15) is 16.1 Å². The van der Waals surface area contributed by atoms with E-state index in [2.05, 4.69) is 20.5 Å². The highest BCUT2D eigenvalue weighted by Crippen LogP contribution is 2.21. The second kappa shape index (κ2) is 5.77. The molecule has 0 unspecified atom stereocenters. The van der Waals surface area contributed by atoms with Crippen molar-refractivity contribution in [2.45, 2.75) is 6.92 Å². The van der Waals surface area contributed by atoms with E-state index in [-0.39, 0.29) is 5.69 Å². The molecule has 0 aliphatic carbocycles. The van der Waals surface area contributed by atoms with Crippen molar-refractivity contribution in [1.29, 1.82) is 0 Å². The lowest BCUT2D eigenvalue weighted by Gasteiger charge is -2.07. The zero-order valence-electron chi connectivity index (χ0n) is 11.8. The molecule has 3 rings (SSSR count). The van der Waals surface area contributed by atoms with Gasteiger partial charge >= 0.3 is 0 Å². The number of pyridine rings is 1. The van der Waals surface area contributed by atoms with E-state index in [9.17, 15) is 9.18 Å². The van der Waals surface area contributed by atoms with Crippen molar-refractivity contribution in [3.8, 4) is 11.3 Å². The molecule has 5 nitrogen and oxygen atoms in total. The maximum absolute atomic E-state index is 13.8. The van der Waals surface area contributed by atoms with Gasteiger partial charge in [-0.3, -0.25) is 9.89 Å². The second-order valence-corrected chi connectivity index (χ2v) is 4.85. The highest BCUT2D eigenvalue weighted by Gasteiger charge is 2.14. The number of H-pyrrole nitrogens is 1. The molecule has 2 N–H and O–H groups in total. The standard InChI is InChI=1S/C16H13FN4O/c1-10-7-13(17)15(18-9-10)16(22)20-12-4-2-3-11(8-12)14-5-6-19-21-14/h2-9H,1H3,(H,19,21)(H,20,22). The molecule has 2 heterocycles. The summed E-state index contributed by atoms with van der Waals surface area (Å²) in [6, 6.07) is 10.3. The summed E-state index contributed by atoms with van der Waals surface area (Å²) in [6.45, 7) is 1.71. The predicted octanol–water partition coefficient (Wildman–Crippen LogP) is 3.17.